The Kier molecular flexibility index (Phi) is 7.04. The molecule has 26 heavy (non-hydrogen) atoms. The van der Waals surface area contributed by atoms with Gasteiger partial charge in [0.2, 0.25) is 5.95 Å². The second kappa shape index (κ2) is 9.47. The molecule has 0 aliphatic rings. The zero-order valence-electron chi connectivity index (χ0n) is 15.2. The second-order valence-corrected chi connectivity index (χ2v) is 5.87. The van der Waals surface area contributed by atoms with E-state index in [-0.39, 0.29) is 5.91 Å². The molecule has 2 aromatic rings. The van der Waals surface area contributed by atoms with Gasteiger partial charge in [-0.05, 0) is 57.4 Å². The van der Waals surface area contributed by atoms with Crippen LogP contribution in [0.5, 0.6) is 0 Å². The van der Waals surface area contributed by atoms with Crippen molar-refractivity contribution in [3.63, 3.8) is 0 Å². The predicted molar refractivity (Wildman–Crippen MR) is 98.6 cm³/mol. The van der Waals surface area contributed by atoms with Crippen LogP contribution in [0.15, 0.2) is 36.5 Å². The Morgan fingerprint density at radius 3 is 2.54 bits per heavy atom. The van der Waals surface area contributed by atoms with Gasteiger partial charge in [-0.1, -0.05) is 0 Å². The van der Waals surface area contributed by atoms with Crippen LogP contribution >= 0.6 is 0 Å². The summed E-state index contributed by atoms with van der Waals surface area (Å²) in [5.74, 6) is -0.340. The molecule has 1 amide bonds. The van der Waals surface area contributed by atoms with Crippen LogP contribution in [0.1, 0.15) is 27.3 Å². The maximum atomic E-state index is 12.2. The first-order valence-corrected chi connectivity index (χ1v) is 8.21. The standard InChI is InChI=1S/C18H23N5O3/c1-23(2)12-4-10-19-16(24)15-9-11-20-18(22-15)21-14-7-5-13(6-8-14)17(25)26-3/h5-9,11H,4,10,12H2,1-3H3,(H,19,24)(H,20,21,22). The first-order chi connectivity index (χ1) is 12.5. The Balaban J connectivity index is 1.96. The fourth-order valence-electron chi connectivity index (χ4n) is 2.17. The number of nitrogens with one attached hydrogen (secondary N) is 2. The van der Waals surface area contributed by atoms with E-state index >= 15 is 0 Å². The normalized spacial score (nSPS) is 10.5. The van der Waals surface area contributed by atoms with Crippen molar-refractivity contribution in [2.24, 2.45) is 0 Å². The summed E-state index contributed by atoms with van der Waals surface area (Å²) >= 11 is 0. The number of nitrogens with zero attached hydrogens (tertiary/aromatic N) is 3. The number of esters is 1. The maximum Gasteiger partial charge on any atom is 0.337 e. The highest BCUT2D eigenvalue weighted by atomic mass is 16.5. The molecule has 2 rings (SSSR count). The number of anilines is 2. The molecule has 0 spiro atoms. The van der Waals surface area contributed by atoms with Crippen LogP contribution < -0.4 is 10.6 Å². The summed E-state index contributed by atoms with van der Waals surface area (Å²) in [5.41, 5.74) is 1.43. The molecule has 0 atom stereocenters. The monoisotopic (exact) mass is 357 g/mol. The number of methoxy groups -OCH3 is 1. The number of ether oxygens (including phenoxy) is 1. The zero-order chi connectivity index (χ0) is 18.9. The van der Waals surface area contributed by atoms with Crippen LogP contribution in [0, 0.1) is 0 Å². The highest BCUT2D eigenvalue weighted by molar-refractivity contribution is 5.92. The molecule has 0 radical (unpaired) electrons. The summed E-state index contributed by atoms with van der Waals surface area (Å²) in [6, 6.07) is 8.25. The van der Waals surface area contributed by atoms with Crippen molar-refractivity contribution in [1.29, 1.82) is 0 Å². The molecule has 0 unspecified atom stereocenters. The van der Waals surface area contributed by atoms with Gasteiger partial charge in [-0.3, -0.25) is 4.79 Å². The van der Waals surface area contributed by atoms with E-state index in [1.54, 1.807) is 30.3 Å². The van der Waals surface area contributed by atoms with Crippen LogP contribution in [0.4, 0.5) is 11.6 Å². The van der Waals surface area contributed by atoms with Crippen LogP contribution in [0.3, 0.4) is 0 Å². The fraction of sp³-hybridized carbons (Fsp3) is 0.333. The third-order valence-corrected chi connectivity index (χ3v) is 3.52. The second-order valence-electron chi connectivity index (χ2n) is 5.87. The minimum Gasteiger partial charge on any atom is -0.465 e. The summed E-state index contributed by atoms with van der Waals surface area (Å²) < 4.78 is 4.66. The number of rotatable bonds is 8. The first-order valence-electron chi connectivity index (χ1n) is 8.21. The number of carbonyl (C=O) groups is 2. The molecule has 1 aromatic heterocycles. The summed E-state index contributed by atoms with van der Waals surface area (Å²) in [4.78, 5) is 34.0. The summed E-state index contributed by atoms with van der Waals surface area (Å²) in [5, 5.41) is 5.84. The molecule has 0 aliphatic carbocycles. The average molecular weight is 357 g/mol. The van der Waals surface area contributed by atoms with Gasteiger partial charge in [-0.2, -0.15) is 0 Å². The van der Waals surface area contributed by atoms with Crippen LogP contribution in [-0.2, 0) is 4.74 Å². The minimum atomic E-state index is -0.402. The van der Waals surface area contributed by atoms with Crippen molar-refractivity contribution in [3.8, 4) is 0 Å². The zero-order valence-corrected chi connectivity index (χ0v) is 15.2. The number of benzene rings is 1. The molecule has 1 heterocycles. The maximum absolute atomic E-state index is 12.2. The highest BCUT2D eigenvalue weighted by Crippen LogP contribution is 2.14. The lowest BCUT2D eigenvalue weighted by atomic mass is 10.2. The lowest BCUT2D eigenvalue weighted by Gasteiger charge is -2.10. The molecule has 138 valence electrons. The third-order valence-electron chi connectivity index (χ3n) is 3.52. The Labute approximate surface area is 152 Å². The van der Waals surface area contributed by atoms with E-state index in [2.05, 4.69) is 30.2 Å². The number of carbonyl (C=O) groups excluding carboxylic acids is 2. The predicted octanol–water partition coefficient (Wildman–Crippen LogP) is 1.69. The van der Waals surface area contributed by atoms with Gasteiger partial charge in [0.15, 0.2) is 0 Å². The van der Waals surface area contributed by atoms with Gasteiger partial charge in [0.25, 0.3) is 5.91 Å². The molecular weight excluding hydrogens is 334 g/mol. The van der Waals surface area contributed by atoms with Gasteiger partial charge in [-0.15, -0.1) is 0 Å². The van der Waals surface area contributed by atoms with Crippen molar-refractivity contribution < 1.29 is 14.3 Å². The van der Waals surface area contributed by atoms with E-state index in [0.29, 0.717) is 29.4 Å². The number of amides is 1. The average Bonchev–Trinajstić information content (AvgIpc) is 2.65. The molecule has 1 aromatic carbocycles. The van der Waals surface area contributed by atoms with Crippen molar-refractivity contribution in [1.82, 2.24) is 20.2 Å². The molecule has 0 saturated heterocycles. The Hall–Kier alpha value is -3.00. The molecule has 8 heteroatoms. The van der Waals surface area contributed by atoms with E-state index in [0.717, 1.165) is 13.0 Å². The van der Waals surface area contributed by atoms with E-state index < -0.39 is 5.97 Å². The molecule has 0 bridgehead atoms. The summed E-state index contributed by atoms with van der Waals surface area (Å²) in [7, 11) is 5.31. The minimum absolute atomic E-state index is 0.241. The van der Waals surface area contributed by atoms with Gasteiger partial charge in [-0.25, -0.2) is 14.8 Å². The van der Waals surface area contributed by atoms with Crippen molar-refractivity contribution in [2.75, 3.05) is 39.6 Å². The summed E-state index contributed by atoms with van der Waals surface area (Å²) in [6.45, 7) is 1.48. The first kappa shape index (κ1) is 19.3. The smallest absolute Gasteiger partial charge is 0.337 e. The van der Waals surface area contributed by atoms with Gasteiger partial charge in [0, 0.05) is 18.4 Å². The largest absolute Gasteiger partial charge is 0.465 e. The molecule has 0 fully saturated rings. The molecule has 2 N–H and O–H groups in total. The van der Waals surface area contributed by atoms with E-state index in [1.807, 2.05) is 14.1 Å². The van der Waals surface area contributed by atoms with Gasteiger partial charge >= 0.3 is 5.97 Å². The van der Waals surface area contributed by atoms with Crippen LogP contribution in [0.2, 0.25) is 0 Å². The molecule has 8 nitrogen and oxygen atoms in total. The van der Waals surface area contributed by atoms with E-state index in [4.69, 9.17) is 0 Å². The highest BCUT2D eigenvalue weighted by Gasteiger charge is 2.09. The number of hydrogen-bond donors (Lipinski definition) is 2. The van der Waals surface area contributed by atoms with E-state index in [1.165, 1.54) is 13.3 Å². The molecule has 0 aliphatic heterocycles. The van der Waals surface area contributed by atoms with Crippen LogP contribution in [-0.4, -0.2) is 61.0 Å². The van der Waals surface area contributed by atoms with E-state index in [9.17, 15) is 9.59 Å². The number of hydrogen-bond acceptors (Lipinski definition) is 7. The Morgan fingerprint density at radius 1 is 1.15 bits per heavy atom. The Bertz CT molecular complexity index is 747. The van der Waals surface area contributed by atoms with Gasteiger partial charge < -0.3 is 20.3 Å². The Morgan fingerprint density at radius 2 is 1.88 bits per heavy atom. The molecular formula is C18H23N5O3. The lowest BCUT2D eigenvalue weighted by molar-refractivity contribution is 0.0600. The lowest BCUT2D eigenvalue weighted by Crippen LogP contribution is -2.28. The quantitative estimate of drug-likeness (QED) is 0.548. The van der Waals surface area contributed by atoms with Crippen molar-refractivity contribution in [2.45, 2.75) is 6.42 Å². The molecule has 0 saturated carbocycles. The third kappa shape index (κ3) is 5.82. The van der Waals surface area contributed by atoms with Crippen molar-refractivity contribution >= 4 is 23.5 Å². The topological polar surface area (TPSA) is 96.4 Å². The summed E-state index contributed by atoms with van der Waals surface area (Å²) in [6.07, 6.45) is 2.38. The number of aromatic nitrogens is 2. The van der Waals surface area contributed by atoms with Gasteiger partial charge in [0.1, 0.15) is 5.69 Å². The van der Waals surface area contributed by atoms with Gasteiger partial charge in [0.05, 0.1) is 12.7 Å². The SMILES string of the molecule is COC(=O)c1ccc(Nc2nccc(C(=O)NCCCN(C)C)n2)cc1. The fourth-order valence-corrected chi connectivity index (χ4v) is 2.17. The van der Waals surface area contributed by atoms with Crippen molar-refractivity contribution in [3.05, 3.63) is 47.8 Å². The van der Waals surface area contributed by atoms with Crippen LogP contribution in [0.25, 0.3) is 0 Å².